The largest absolute Gasteiger partial charge is 0.394 e. The maximum Gasteiger partial charge on any atom is 0.0942 e. The Kier molecular flexibility index (Phi) is 4.20. The number of benzene rings is 1. The summed E-state index contributed by atoms with van der Waals surface area (Å²) in [5.41, 5.74) is 1.87. The predicted molar refractivity (Wildman–Crippen MR) is 57.8 cm³/mol. The van der Waals surface area contributed by atoms with E-state index in [4.69, 9.17) is 21.8 Å². The van der Waals surface area contributed by atoms with Crippen LogP contribution in [0.1, 0.15) is 5.56 Å². The summed E-state index contributed by atoms with van der Waals surface area (Å²) in [5.74, 6) is 0. The highest BCUT2D eigenvalue weighted by molar-refractivity contribution is 6.33. The number of anilines is 1. The van der Waals surface area contributed by atoms with Gasteiger partial charge in [0.1, 0.15) is 0 Å². The number of aliphatic hydroxyl groups excluding tert-OH is 2. The molecular formula is C10H14ClNO2. The predicted octanol–water partition coefficient (Wildman–Crippen LogP) is 1.41. The van der Waals surface area contributed by atoms with Crippen molar-refractivity contribution >= 4 is 17.3 Å². The number of hydrogen-bond acceptors (Lipinski definition) is 3. The Morgan fingerprint density at radius 2 is 2.21 bits per heavy atom. The van der Waals surface area contributed by atoms with Crippen molar-refractivity contribution in [1.29, 1.82) is 0 Å². The van der Waals surface area contributed by atoms with Gasteiger partial charge in [0.15, 0.2) is 0 Å². The Labute approximate surface area is 88.3 Å². The van der Waals surface area contributed by atoms with Crippen molar-refractivity contribution < 1.29 is 10.2 Å². The lowest BCUT2D eigenvalue weighted by molar-refractivity contribution is 0.105. The molecule has 3 N–H and O–H groups in total. The molecule has 0 aromatic heterocycles. The molecule has 0 amide bonds. The van der Waals surface area contributed by atoms with E-state index < -0.39 is 6.10 Å². The minimum atomic E-state index is -0.758. The van der Waals surface area contributed by atoms with Crippen molar-refractivity contribution in [3.63, 3.8) is 0 Å². The first-order valence-electron chi connectivity index (χ1n) is 4.42. The Bertz CT molecular complexity index is 304. The molecule has 0 heterocycles. The minimum absolute atomic E-state index is 0.254. The second kappa shape index (κ2) is 5.20. The van der Waals surface area contributed by atoms with Gasteiger partial charge in [-0.3, -0.25) is 0 Å². The number of nitrogens with one attached hydrogen (secondary N) is 1. The summed E-state index contributed by atoms with van der Waals surface area (Å²) in [4.78, 5) is 0. The summed E-state index contributed by atoms with van der Waals surface area (Å²) in [7, 11) is 0. The van der Waals surface area contributed by atoms with Crippen molar-refractivity contribution in [1.82, 2.24) is 0 Å². The van der Waals surface area contributed by atoms with Crippen molar-refractivity contribution in [2.45, 2.75) is 13.0 Å². The summed E-state index contributed by atoms with van der Waals surface area (Å²) >= 11 is 5.92. The zero-order valence-electron chi connectivity index (χ0n) is 8.00. The SMILES string of the molecule is Cc1ccc(Cl)c(NC[C@H](O)CO)c1. The second-order valence-electron chi connectivity index (χ2n) is 3.20. The third kappa shape index (κ3) is 3.18. The smallest absolute Gasteiger partial charge is 0.0942 e. The third-order valence-corrected chi connectivity index (χ3v) is 2.19. The van der Waals surface area contributed by atoms with Gasteiger partial charge in [0.2, 0.25) is 0 Å². The van der Waals surface area contributed by atoms with Crippen LogP contribution in [0.3, 0.4) is 0 Å². The molecule has 0 unspecified atom stereocenters. The van der Waals surface area contributed by atoms with E-state index in [1.54, 1.807) is 6.07 Å². The van der Waals surface area contributed by atoms with Crippen LogP contribution in [-0.4, -0.2) is 29.5 Å². The van der Waals surface area contributed by atoms with Gasteiger partial charge in [0.05, 0.1) is 23.4 Å². The summed E-state index contributed by atoms with van der Waals surface area (Å²) in [6, 6.07) is 5.60. The molecule has 4 heteroatoms. The van der Waals surface area contributed by atoms with Crippen molar-refractivity contribution in [2.24, 2.45) is 0 Å². The van der Waals surface area contributed by atoms with E-state index in [0.717, 1.165) is 11.3 Å². The zero-order chi connectivity index (χ0) is 10.6. The summed E-state index contributed by atoms with van der Waals surface area (Å²) < 4.78 is 0. The van der Waals surface area contributed by atoms with Crippen LogP contribution in [-0.2, 0) is 0 Å². The van der Waals surface area contributed by atoms with Gasteiger partial charge in [0.25, 0.3) is 0 Å². The highest BCUT2D eigenvalue weighted by Crippen LogP contribution is 2.22. The Hall–Kier alpha value is -0.770. The fourth-order valence-corrected chi connectivity index (χ4v) is 1.25. The van der Waals surface area contributed by atoms with Gasteiger partial charge < -0.3 is 15.5 Å². The molecule has 1 rings (SSSR count). The molecule has 0 aliphatic carbocycles. The molecule has 0 saturated carbocycles. The van der Waals surface area contributed by atoms with E-state index in [9.17, 15) is 0 Å². The Morgan fingerprint density at radius 1 is 1.50 bits per heavy atom. The molecule has 14 heavy (non-hydrogen) atoms. The van der Waals surface area contributed by atoms with Gasteiger partial charge in [-0.2, -0.15) is 0 Å². The Balaban J connectivity index is 2.62. The molecule has 0 radical (unpaired) electrons. The number of rotatable bonds is 4. The molecule has 78 valence electrons. The molecule has 0 spiro atoms. The summed E-state index contributed by atoms with van der Waals surface area (Å²) in [6.07, 6.45) is -0.758. The van der Waals surface area contributed by atoms with Crippen LogP contribution in [0.4, 0.5) is 5.69 Å². The zero-order valence-corrected chi connectivity index (χ0v) is 8.75. The standard InChI is InChI=1S/C10H14ClNO2/c1-7-2-3-9(11)10(4-7)12-5-8(14)6-13/h2-4,8,12-14H,5-6H2,1H3/t8-/m0/s1. The molecule has 0 bridgehead atoms. The van der Waals surface area contributed by atoms with Gasteiger partial charge >= 0.3 is 0 Å². The van der Waals surface area contributed by atoms with Crippen LogP contribution in [0.15, 0.2) is 18.2 Å². The number of hydrogen-bond donors (Lipinski definition) is 3. The molecule has 1 aromatic rings. The molecule has 0 saturated heterocycles. The van der Waals surface area contributed by atoms with Gasteiger partial charge in [-0.05, 0) is 24.6 Å². The van der Waals surface area contributed by atoms with Crippen LogP contribution in [0.5, 0.6) is 0 Å². The van der Waals surface area contributed by atoms with Crippen LogP contribution < -0.4 is 5.32 Å². The lowest BCUT2D eigenvalue weighted by Crippen LogP contribution is -2.23. The Morgan fingerprint density at radius 3 is 2.86 bits per heavy atom. The monoisotopic (exact) mass is 215 g/mol. The minimum Gasteiger partial charge on any atom is -0.394 e. The molecule has 0 aliphatic heterocycles. The van der Waals surface area contributed by atoms with E-state index in [2.05, 4.69) is 5.32 Å². The van der Waals surface area contributed by atoms with Crippen molar-refractivity contribution in [3.8, 4) is 0 Å². The molecule has 0 aliphatic rings. The van der Waals surface area contributed by atoms with Gasteiger partial charge in [-0.25, -0.2) is 0 Å². The first-order valence-corrected chi connectivity index (χ1v) is 4.80. The number of halogens is 1. The first kappa shape index (κ1) is 11.3. The third-order valence-electron chi connectivity index (χ3n) is 1.86. The highest BCUT2D eigenvalue weighted by atomic mass is 35.5. The van der Waals surface area contributed by atoms with E-state index >= 15 is 0 Å². The fraction of sp³-hybridized carbons (Fsp3) is 0.400. The first-order chi connectivity index (χ1) is 6.63. The fourth-order valence-electron chi connectivity index (χ4n) is 1.07. The van der Waals surface area contributed by atoms with Crippen LogP contribution >= 0.6 is 11.6 Å². The van der Waals surface area contributed by atoms with Crippen LogP contribution in [0, 0.1) is 6.92 Å². The lowest BCUT2D eigenvalue weighted by atomic mass is 10.2. The van der Waals surface area contributed by atoms with Crippen molar-refractivity contribution in [3.05, 3.63) is 28.8 Å². The van der Waals surface area contributed by atoms with Crippen molar-refractivity contribution in [2.75, 3.05) is 18.5 Å². The van der Waals surface area contributed by atoms with Gasteiger partial charge in [0, 0.05) is 6.54 Å². The molecule has 3 nitrogen and oxygen atoms in total. The van der Waals surface area contributed by atoms with Gasteiger partial charge in [-0.15, -0.1) is 0 Å². The second-order valence-corrected chi connectivity index (χ2v) is 3.61. The maximum atomic E-state index is 9.12. The van der Waals surface area contributed by atoms with E-state index in [-0.39, 0.29) is 6.61 Å². The average Bonchev–Trinajstić information content (AvgIpc) is 2.19. The quantitative estimate of drug-likeness (QED) is 0.712. The van der Waals surface area contributed by atoms with E-state index in [1.807, 2.05) is 19.1 Å². The maximum absolute atomic E-state index is 9.12. The van der Waals surface area contributed by atoms with E-state index in [1.165, 1.54) is 0 Å². The summed E-state index contributed by atoms with van der Waals surface area (Å²) in [5, 5.41) is 21.3. The summed E-state index contributed by atoms with van der Waals surface area (Å²) in [6.45, 7) is 2.00. The van der Waals surface area contributed by atoms with Crippen LogP contribution in [0.25, 0.3) is 0 Å². The lowest BCUT2D eigenvalue weighted by Gasteiger charge is -2.11. The average molecular weight is 216 g/mol. The van der Waals surface area contributed by atoms with Crippen LogP contribution in [0.2, 0.25) is 5.02 Å². The highest BCUT2D eigenvalue weighted by Gasteiger charge is 2.03. The normalized spacial score (nSPS) is 12.6. The topological polar surface area (TPSA) is 52.5 Å². The number of aryl methyl sites for hydroxylation is 1. The molecule has 1 atom stereocenters. The molecule has 0 fully saturated rings. The van der Waals surface area contributed by atoms with Gasteiger partial charge in [-0.1, -0.05) is 17.7 Å². The molecular weight excluding hydrogens is 202 g/mol. The molecule has 1 aromatic carbocycles. The number of aliphatic hydroxyl groups is 2. The van der Waals surface area contributed by atoms with E-state index in [0.29, 0.717) is 11.6 Å².